The fourth-order valence-corrected chi connectivity index (χ4v) is 3.96. The zero-order valence-electron chi connectivity index (χ0n) is 16.5. The first kappa shape index (κ1) is 20.7. The van der Waals surface area contributed by atoms with Crippen molar-refractivity contribution in [3.05, 3.63) is 64.7 Å². The zero-order chi connectivity index (χ0) is 19.8. The molecular weight excluding hydrogens is 372 g/mol. The number of rotatable bonds is 8. The van der Waals surface area contributed by atoms with Gasteiger partial charge in [-0.05, 0) is 62.0 Å². The number of likely N-dealkylation sites (tertiary alicyclic amines) is 1. The number of ether oxygens (including phenoxy) is 1. The lowest BCUT2D eigenvalue weighted by Crippen LogP contribution is -2.40. The van der Waals surface area contributed by atoms with Gasteiger partial charge >= 0.3 is 0 Å². The molecule has 1 saturated heterocycles. The number of nitrogens with one attached hydrogen (secondary N) is 1. The molecule has 1 heterocycles. The second kappa shape index (κ2) is 10.5. The Morgan fingerprint density at radius 2 is 1.79 bits per heavy atom. The molecule has 0 unspecified atom stereocenters. The van der Waals surface area contributed by atoms with Gasteiger partial charge in [-0.1, -0.05) is 48.0 Å². The minimum atomic E-state index is 0.119. The maximum atomic E-state index is 12.5. The number of hydrogen-bond acceptors (Lipinski definition) is 3. The average molecular weight is 401 g/mol. The maximum Gasteiger partial charge on any atom is 0.223 e. The van der Waals surface area contributed by atoms with E-state index in [2.05, 4.69) is 22.3 Å². The lowest BCUT2D eigenvalue weighted by molar-refractivity contribution is -0.126. The number of benzene rings is 2. The standard InChI is InChI=1S/C23H29ClN2O2/c1-28-22-11-5-3-7-18(22)9-6-14-25-23(27)19-12-15-26(16-13-19)17-20-8-2-4-10-21(20)24/h2-5,7-8,10-11,19H,6,9,12-17H2,1H3,(H,25,27). The highest BCUT2D eigenvalue weighted by atomic mass is 35.5. The summed E-state index contributed by atoms with van der Waals surface area (Å²) in [6.45, 7) is 3.43. The molecule has 0 bridgehead atoms. The molecule has 1 N–H and O–H groups in total. The summed E-state index contributed by atoms with van der Waals surface area (Å²) in [5.41, 5.74) is 2.34. The maximum absolute atomic E-state index is 12.5. The highest BCUT2D eigenvalue weighted by Gasteiger charge is 2.24. The Balaban J connectivity index is 1.36. The van der Waals surface area contributed by atoms with Crippen molar-refractivity contribution in [1.29, 1.82) is 0 Å². The van der Waals surface area contributed by atoms with Gasteiger partial charge in [0.15, 0.2) is 0 Å². The molecule has 3 rings (SSSR count). The van der Waals surface area contributed by atoms with Gasteiger partial charge in [0.05, 0.1) is 7.11 Å². The Labute approximate surface area is 172 Å². The van der Waals surface area contributed by atoms with Gasteiger partial charge in [-0.2, -0.15) is 0 Å². The molecule has 4 nitrogen and oxygen atoms in total. The van der Waals surface area contributed by atoms with Crippen molar-refractivity contribution in [3.63, 3.8) is 0 Å². The van der Waals surface area contributed by atoms with Gasteiger partial charge in [-0.15, -0.1) is 0 Å². The highest BCUT2D eigenvalue weighted by molar-refractivity contribution is 6.31. The van der Waals surface area contributed by atoms with Gasteiger partial charge < -0.3 is 10.1 Å². The summed E-state index contributed by atoms with van der Waals surface area (Å²) in [7, 11) is 1.69. The van der Waals surface area contributed by atoms with Crippen molar-refractivity contribution in [3.8, 4) is 5.75 Å². The molecule has 2 aromatic carbocycles. The Morgan fingerprint density at radius 1 is 1.11 bits per heavy atom. The van der Waals surface area contributed by atoms with Crippen LogP contribution >= 0.6 is 11.6 Å². The first-order valence-electron chi connectivity index (χ1n) is 10.0. The summed E-state index contributed by atoms with van der Waals surface area (Å²) in [6, 6.07) is 16.0. The molecule has 0 spiro atoms. The predicted molar refractivity (Wildman–Crippen MR) is 114 cm³/mol. The van der Waals surface area contributed by atoms with E-state index in [1.54, 1.807) is 7.11 Å². The van der Waals surface area contributed by atoms with E-state index in [0.29, 0.717) is 6.54 Å². The molecule has 0 radical (unpaired) electrons. The van der Waals surface area contributed by atoms with Crippen LogP contribution in [-0.2, 0) is 17.8 Å². The quantitative estimate of drug-likeness (QED) is 0.671. The van der Waals surface area contributed by atoms with E-state index in [9.17, 15) is 4.79 Å². The summed E-state index contributed by atoms with van der Waals surface area (Å²) in [5, 5.41) is 3.93. The SMILES string of the molecule is COc1ccccc1CCCNC(=O)C1CCN(Cc2ccccc2Cl)CC1. The fraction of sp³-hybridized carbons (Fsp3) is 0.435. The molecule has 0 atom stereocenters. The number of carbonyl (C=O) groups excluding carboxylic acids is 1. The van der Waals surface area contributed by atoms with E-state index in [4.69, 9.17) is 16.3 Å². The molecule has 0 aromatic heterocycles. The van der Waals surface area contributed by atoms with E-state index in [1.807, 2.05) is 36.4 Å². The lowest BCUT2D eigenvalue weighted by atomic mass is 9.95. The Kier molecular flexibility index (Phi) is 7.75. The van der Waals surface area contributed by atoms with Gasteiger partial charge in [-0.25, -0.2) is 0 Å². The van der Waals surface area contributed by atoms with Crippen LogP contribution in [-0.4, -0.2) is 37.6 Å². The lowest BCUT2D eigenvalue weighted by Gasteiger charge is -2.31. The van der Waals surface area contributed by atoms with E-state index >= 15 is 0 Å². The van der Waals surface area contributed by atoms with Crippen LogP contribution in [0.5, 0.6) is 5.75 Å². The van der Waals surface area contributed by atoms with Gasteiger partial charge in [0.1, 0.15) is 5.75 Å². The van der Waals surface area contributed by atoms with E-state index < -0.39 is 0 Å². The number of aryl methyl sites for hydroxylation is 1. The first-order valence-corrected chi connectivity index (χ1v) is 10.4. The molecular formula is C23H29ClN2O2. The molecule has 28 heavy (non-hydrogen) atoms. The topological polar surface area (TPSA) is 41.6 Å². The Bertz CT molecular complexity index is 773. The van der Waals surface area contributed by atoms with Crippen LogP contribution in [0.25, 0.3) is 0 Å². The van der Waals surface area contributed by atoms with Crippen LogP contribution in [0.1, 0.15) is 30.4 Å². The third-order valence-electron chi connectivity index (χ3n) is 5.42. The van der Waals surface area contributed by atoms with Crippen molar-refractivity contribution in [2.45, 2.75) is 32.2 Å². The molecule has 0 aliphatic carbocycles. The van der Waals surface area contributed by atoms with Crippen LogP contribution in [0.15, 0.2) is 48.5 Å². The van der Waals surface area contributed by atoms with Gasteiger partial charge in [0.25, 0.3) is 0 Å². The highest BCUT2D eigenvalue weighted by Crippen LogP contribution is 2.22. The van der Waals surface area contributed by atoms with Crippen LogP contribution in [0.4, 0.5) is 0 Å². The number of nitrogens with zero attached hydrogens (tertiary/aromatic N) is 1. The van der Waals surface area contributed by atoms with Gasteiger partial charge in [0.2, 0.25) is 5.91 Å². The number of amides is 1. The number of halogens is 1. The fourth-order valence-electron chi connectivity index (χ4n) is 3.77. The second-order valence-corrected chi connectivity index (χ2v) is 7.76. The van der Waals surface area contributed by atoms with Crippen molar-refractivity contribution >= 4 is 17.5 Å². The minimum absolute atomic E-state index is 0.119. The molecule has 1 aliphatic heterocycles. The van der Waals surface area contributed by atoms with Gasteiger partial charge in [-0.3, -0.25) is 9.69 Å². The molecule has 1 amide bonds. The van der Waals surface area contributed by atoms with Crippen molar-refractivity contribution in [1.82, 2.24) is 10.2 Å². The summed E-state index contributed by atoms with van der Waals surface area (Å²) in [5.74, 6) is 1.23. The first-order chi connectivity index (χ1) is 13.7. The Hall–Kier alpha value is -2.04. The van der Waals surface area contributed by atoms with Crippen molar-refractivity contribution in [2.75, 3.05) is 26.7 Å². The molecule has 150 valence electrons. The second-order valence-electron chi connectivity index (χ2n) is 7.35. The monoisotopic (exact) mass is 400 g/mol. The molecule has 5 heteroatoms. The van der Waals surface area contributed by atoms with Crippen LogP contribution in [0.2, 0.25) is 5.02 Å². The largest absolute Gasteiger partial charge is 0.496 e. The van der Waals surface area contributed by atoms with Crippen LogP contribution in [0, 0.1) is 5.92 Å². The summed E-state index contributed by atoms with van der Waals surface area (Å²) < 4.78 is 5.38. The van der Waals surface area contributed by atoms with E-state index in [1.165, 1.54) is 5.56 Å². The Morgan fingerprint density at radius 3 is 2.50 bits per heavy atom. The molecule has 2 aromatic rings. The third kappa shape index (κ3) is 5.73. The number of piperidine rings is 1. The number of methoxy groups -OCH3 is 1. The smallest absolute Gasteiger partial charge is 0.223 e. The molecule has 1 fully saturated rings. The summed E-state index contributed by atoms with van der Waals surface area (Å²) in [4.78, 5) is 14.9. The zero-order valence-corrected chi connectivity index (χ0v) is 17.3. The summed E-state index contributed by atoms with van der Waals surface area (Å²) in [6.07, 6.45) is 3.63. The third-order valence-corrected chi connectivity index (χ3v) is 5.79. The van der Waals surface area contributed by atoms with Crippen molar-refractivity contribution in [2.24, 2.45) is 5.92 Å². The minimum Gasteiger partial charge on any atom is -0.496 e. The average Bonchev–Trinajstić information content (AvgIpc) is 2.73. The number of carbonyl (C=O) groups is 1. The van der Waals surface area contributed by atoms with Gasteiger partial charge in [0, 0.05) is 24.0 Å². The normalized spacial score (nSPS) is 15.4. The molecule has 1 aliphatic rings. The van der Waals surface area contributed by atoms with Crippen LogP contribution < -0.4 is 10.1 Å². The number of hydrogen-bond donors (Lipinski definition) is 1. The van der Waals surface area contributed by atoms with E-state index in [0.717, 1.165) is 61.7 Å². The number of para-hydroxylation sites is 1. The summed E-state index contributed by atoms with van der Waals surface area (Å²) >= 11 is 6.26. The van der Waals surface area contributed by atoms with Crippen LogP contribution in [0.3, 0.4) is 0 Å². The predicted octanol–water partition coefficient (Wildman–Crippen LogP) is 4.31. The van der Waals surface area contributed by atoms with Crippen molar-refractivity contribution < 1.29 is 9.53 Å². The van der Waals surface area contributed by atoms with E-state index in [-0.39, 0.29) is 11.8 Å². The molecule has 0 saturated carbocycles.